The standard InChI is InChI=1S/C20H16N2O3S/c1-20(2,19(23)24)26-18-9-10-22-12-17(18)25-16-8-7-13(11-21)14-5-3-4-6-15(14)16/h3-10,12H,1-2H3,(H,23,24)/p-1. The molecule has 0 radical (unpaired) electrons. The molecule has 0 fully saturated rings. The van der Waals surface area contributed by atoms with Gasteiger partial charge in [-0.25, -0.2) is 0 Å². The van der Waals surface area contributed by atoms with Gasteiger partial charge in [0.1, 0.15) is 5.75 Å². The number of fused-ring (bicyclic) bond motifs is 1. The Morgan fingerprint density at radius 1 is 1.15 bits per heavy atom. The molecule has 3 rings (SSSR count). The molecular weight excluding hydrogens is 348 g/mol. The number of carbonyl (C=O) groups excluding carboxylic acids is 1. The van der Waals surface area contributed by atoms with Gasteiger partial charge in [0.25, 0.3) is 0 Å². The molecule has 6 heteroatoms. The molecule has 0 aliphatic carbocycles. The van der Waals surface area contributed by atoms with Gasteiger partial charge in [-0.05, 0) is 32.0 Å². The molecule has 0 aliphatic rings. The summed E-state index contributed by atoms with van der Waals surface area (Å²) >= 11 is 1.13. The predicted octanol–water partition coefficient (Wildman–Crippen LogP) is 3.52. The lowest BCUT2D eigenvalue weighted by Crippen LogP contribution is -2.40. The van der Waals surface area contributed by atoms with Gasteiger partial charge in [0.15, 0.2) is 5.75 Å². The maximum atomic E-state index is 11.3. The molecular formula is C20H15N2O3S-. The first-order valence-electron chi connectivity index (χ1n) is 7.86. The van der Waals surface area contributed by atoms with Gasteiger partial charge in [0.05, 0.1) is 33.4 Å². The fraction of sp³-hybridized carbons (Fsp3) is 0.150. The zero-order valence-corrected chi connectivity index (χ0v) is 15.0. The van der Waals surface area contributed by atoms with E-state index < -0.39 is 10.7 Å². The van der Waals surface area contributed by atoms with Crippen molar-refractivity contribution >= 4 is 28.5 Å². The van der Waals surface area contributed by atoms with Gasteiger partial charge < -0.3 is 14.6 Å². The summed E-state index contributed by atoms with van der Waals surface area (Å²) in [5, 5.41) is 22.2. The summed E-state index contributed by atoms with van der Waals surface area (Å²) in [7, 11) is 0. The first kappa shape index (κ1) is 17.8. The van der Waals surface area contributed by atoms with Crippen molar-refractivity contribution in [1.82, 2.24) is 4.98 Å². The van der Waals surface area contributed by atoms with Crippen molar-refractivity contribution in [1.29, 1.82) is 5.26 Å². The Labute approximate surface area is 155 Å². The number of nitrogens with zero attached hydrogens (tertiary/aromatic N) is 2. The number of benzene rings is 2. The number of nitriles is 1. The number of carbonyl (C=O) groups is 1. The number of rotatable bonds is 5. The Bertz CT molecular complexity index is 1020. The van der Waals surface area contributed by atoms with E-state index in [1.54, 1.807) is 44.4 Å². The van der Waals surface area contributed by atoms with E-state index in [0.717, 1.165) is 22.5 Å². The predicted molar refractivity (Wildman–Crippen MR) is 97.9 cm³/mol. The molecule has 0 atom stereocenters. The van der Waals surface area contributed by atoms with E-state index in [9.17, 15) is 15.2 Å². The van der Waals surface area contributed by atoms with Crippen LogP contribution in [0.25, 0.3) is 10.8 Å². The smallest absolute Gasteiger partial charge is 0.159 e. The first-order chi connectivity index (χ1) is 12.4. The van der Waals surface area contributed by atoms with Crippen molar-refractivity contribution in [3.63, 3.8) is 0 Å². The van der Waals surface area contributed by atoms with Crippen molar-refractivity contribution in [3.05, 3.63) is 60.4 Å². The lowest BCUT2D eigenvalue weighted by molar-refractivity contribution is -0.308. The highest BCUT2D eigenvalue weighted by atomic mass is 32.2. The maximum Gasteiger partial charge on any atom is 0.159 e. The molecule has 3 aromatic rings. The van der Waals surface area contributed by atoms with Crippen molar-refractivity contribution in [2.75, 3.05) is 0 Å². The van der Waals surface area contributed by atoms with Crippen LogP contribution in [0.1, 0.15) is 19.4 Å². The second-order valence-corrected chi connectivity index (χ2v) is 7.76. The molecule has 0 unspecified atom stereocenters. The molecule has 2 aromatic carbocycles. The van der Waals surface area contributed by atoms with Crippen LogP contribution in [0, 0.1) is 11.3 Å². The SMILES string of the molecule is CC(C)(Sc1ccncc1Oc1ccc(C#N)c2ccccc12)C(=O)[O-]. The molecule has 1 heterocycles. The molecule has 1 aromatic heterocycles. The Balaban J connectivity index is 2.02. The van der Waals surface area contributed by atoms with Crippen LogP contribution in [-0.4, -0.2) is 15.7 Å². The quantitative estimate of drug-likeness (QED) is 0.645. The van der Waals surface area contributed by atoms with Crippen LogP contribution in [0.5, 0.6) is 11.5 Å². The largest absolute Gasteiger partial charge is 0.549 e. The highest BCUT2D eigenvalue weighted by Gasteiger charge is 2.23. The van der Waals surface area contributed by atoms with Gasteiger partial charge in [0.2, 0.25) is 0 Å². The number of carboxylic acids is 1. The molecule has 0 N–H and O–H groups in total. The van der Waals surface area contributed by atoms with Crippen LogP contribution < -0.4 is 9.84 Å². The third-order valence-electron chi connectivity index (χ3n) is 3.83. The fourth-order valence-corrected chi connectivity index (χ4v) is 3.38. The fourth-order valence-electron chi connectivity index (χ4n) is 2.42. The monoisotopic (exact) mass is 363 g/mol. The molecule has 0 saturated carbocycles. The van der Waals surface area contributed by atoms with Crippen LogP contribution in [0.4, 0.5) is 0 Å². The summed E-state index contributed by atoms with van der Waals surface area (Å²) in [4.78, 5) is 16.0. The van der Waals surface area contributed by atoms with Crippen LogP contribution in [0.3, 0.4) is 0 Å². The molecule has 0 bridgehead atoms. The van der Waals surface area contributed by atoms with E-state index in [2.05, 4.69) is 11.1 Å². The lowest BCUT2D eigenvalue weighted by atomic mass is 10.0. The van der Waals surface area contributed by atoms with E-state index in [-0.39, 0.29) is 0 Å². The van der Waals surface area contributed by atoms with Gasteiger partial charge >= 0.3 is 0 Å². The number of aliphatic carboxylic acids is 1. The zero-order valence-electron chi connectivity index (χ0n) is 14.2. The average molecular weight is 363 g/mol. The van der Waals surface area contributed by atoms with Gasteiger partial charge in [-0.1, -0.05) is 24.3 Å². The third kappa shape index (κ3) is 3.48. The maximum absolute atomic E-state index is 11.3. The molecule has 26 heavy (non-hydrogen) atoms. The van der Waals surface area contributed by atoms with E-state index in [1.807, 2.05) is 24.3 Å². The number of carboxylic acid groups (broad SMARTS) is 1. The minimum absolute atomic E-state index is 0.446. The summed E-state index contributed by atoms with van der Waals surface area (Å²) in [6.07, 6.45) is 3.12. The molecule has 0 spiro atoms. The van der Waals surface area contributed by atoms with Crippen molar-refractivity contribution in [3.8, 4) is 17.6 Å². The number of aromatic nitrogens is 1. The minimum Gasteiger partial charge on any atom is -0.549 e. The Morgan fingerprint density at radius 3 is 2.58 bits per heavy atom. The minimum atomic E-state index is -1.16. The van der Waals surface area contributed by atoms with E-state index >= 15 is 0 Å². The summed E-state index contributed by atoms with van der Waals surface area (Å²) in [6, 6.07) is 14.8. The average Bonchev–Trinajstić information content (AvgIpc) is 2.63. The zero-order chi connectivity index (χ0) is 18.7. The number of thioether (sulfide) groups is 1. The van der Waals surface area contributed by atoms with Crippen molar-refractivity contribution in [2.45, 2.75) is 23.5 Å². The van der Waals surface area contributed by atoms with Gasteiger partial charge in [-0.3, -0.25) is 4.98 Å². The van der Waals surface area contributed by atoms with Gasteiger partial charge in [-0.15, -0.1) is 11.8 Å². The Morgan fingerprint density at radius 2 is 1.88 bits per heavy atom. The molecule has 5 nitrogen and oxygen atoms in total. The summed E-state index contributed by atoms with van der Waals surface area (Å²) in [5.74, 6) is -0.142. The topological polar surface area (TPSA) is 86.0 Å². The molecule has 0 saturated heterocycles. The Kier molecular flexibility index (Phi) is 4.83. The normalized spacial score (nSPS) is 11.1. The second-order valence-electron chi connectivity index (χ2n) is 6.09. The lowest BCUT2D eigenvalue weighted by Gasteiger charge is -2.25. The van der Waals surface area contributed by atoms with Crippen molar-refractivity contribution < 1.29 is 14.6 Å². The Hall–Kier alpha value is -3.04. The first-order valence-corrected chi connectivity index (χ1v) is 8.68. The molecule has 0 amide bonds. The molecule has 130 valence electrons. The van der Waals surface area contributed by atoms with Crippen LogP contribution in [0.15, 0.2) is 59.8 Å². The van der Waals surface area contributed by atoms with Gasteiger partial charge in [0, 0.05) is 17.0 Å². The van der Waals surface area contributed by atoms with Crippen LogP contribution >= 0.6 is 11.8 Å². The highest BCUT2D eigenvalue weighted by molar-refractivity contribution is 8.01. The van der Waals surface area contributed by atoms with Gasteiger partial charge in [-0.2, -0.15) is 5.26 Å². The van der Waals surface area contributed by atoms with Crippen LogP contribution in [0.2, 0.25) is 0 Å². The number of hydrogen-bond donors (Lipinski definition) is 0. The van der Waals surface area contributed by atoms with Crippen molar-refractivity contribution in [2.24, 2.45) is 0 Å². The van der Waals surface area contributed by atoms with Crippen LogP contribution in [-0.2, 0) is 4.79 Å². The van der Waals surface area contributed by atoms with E-state index in [0.29, 0.717) is 22.0 Å². The third-order valence-corrected chi connectivity index (χ3v) is 5.06. The number of pyridine rings is 1. The second kappa shape index (κ2) is 7.06. The number of hydrogen-bond acceptors (Lipinski definition) is 6. The number of ether oxygens (including phenoxy) is 1. The molecule has 0 aliphatic heterocycles. The summed E-state index contributed by atoms with van der Waals surface area (Å²) in [6.45, 7) is 3.16. The highest BCUT2D eigenvalue weighted by Crippen LogP contribution is 2.40. The summed E-state index contributed by atoms with van der Waals surface area (Å²) < 4.78 is 4.92. The van der Waals surface area contributed by atoms with E-state index in [4.69, 9.17) is 4.74 Å². The van der Waals surface area contributed by atoms with E-state index in [1.165, 1.54) is 0 Å². The summed E-state index contributed by atoms with van der Waals surface area (Å²) in [5.41, 5.74) is 0.562.